The highest BCUT2D eigenvalue weighted by atomic mass is 16.1. The molecule has 0 saturated carbocycles. The maximum atomic E-state index is 13.3. The Balaban J connectivity index is 1.92. The molecule has 3 N–H and O–H groups in total. The van der Waals surface area contributed by atoms with Gasteiger partial charge in [0.1, 0.15) is 0 Å². The molecule has 3 rings (SSSR count). The number of Topliss-reactive ketones (excluding diaryl/α,β-unsaturated/α-hetero) is 1. The minimum Gasteiger partial charge on any atom is -0.397 e. The smallest absolute Gasteiger partial charge is 0.207 e. The zero-order valence-electron chi connectivity index (χ0n) is 23.5. The lowest BCUT2D eigenvalue weighted by atomic mass is 9.93. The number of benzene rings is 2. The van der Waals surface area contributed by atoms with Gasteiger partial charge in [0.2, 0.25) is 5.78 Å². The summed E-state index contributed by atoms with van der Waals surface area (Å²) in [5.74, 6) is -0.0642. The second-order valence-corrected chi connectivity index (χ2v) is 9.97. The van der Waals surface area contributed by atoms with Crippen LogP contribution in [0.3, 0.4) is 0 Å². The molecular weight excluding hydrogens is 458 g/mol. The van der Waals surface area contributed by atoms with E-state index < -0.39 is 0 Å². The van der Waals surface area contributed by atoms with E-state index in [0.717, 1.165) is 42.3 Å². The lowest BCUT2D eigenvalue weighted by molar-refractivity contribution is -0.112. The molecule has 0 atom stereocenters. The first-order valence-corrected chi connectivity index (χ1v) is 13.5. The highest BCUT2D eigenvalue weighted by Gasteiger charge is 2.25. The fourth-order valence-electron chi connectivity index (χ4n) is 4.84. The molecule has 0 aromatic heterocycles. The molecule has 198 valence electrons. The molecule has 0 amide bonds. The average Bonchev–Trinajstić information content (AvgIpc) is 2.87. The largest absolute Gasteiger partial charge is 0.397 e. The number of carbonyl (C=O) groups is 1. The number of nitrogens with two attached hydrogens (primary N) is 1. The third kappa shape index (κ3) is 6.62. The summed E-state index contributed by atoms with van der Waals surface area (Å²) in [5, 5.41) is 3.33. The number of anilines is 3. The molecular formula is C31H43N5O. The Labute approximate surface area is 223 Å². The van der Waals surface area contributed by atoms with Crippen molar-refractivity contribution in [3.05, 3.63) is 71.6 Å². The van der Waals surface area contributed by atoms with Crippen molar-refractivity contribution in [1.29, 1.82) is 0 Å². The SMILES string of the molecule is CCCC1=C(N)/C(=N\c2ccc(N(CC)C(C)C)cc2)C=C(Nc2ccc(N(CC)C(C)C)cc2)C1=O. The summed E-state index contributed by atoms with van der Waals surface area (Å²) in [4.78, 5) is 22.8. The molecule has 6 heteroatoms. The molecule has 1 aliphatic rings. The summed E-state index contributed by atoms with van der Waals surface area (Å²) in [7, 11) is 0. The van der Waals surface area contributed by atoms with Gasteiger partial charge >= 0.3 is 0 Å². The first kappa shape index (κ1) is 28.0. The Morgan fingerprint density at radius 1 is 0.838 bits per heavy atom. The quantitative estimate of drug-likeness (QED) is 0.331. The van der Waals surface area contributed by atoms with Gasteiger partial charge in [0, 0.05) is 47.8 Å². The standard InChI is InChI=1S/C31H43N5O/c1-8-11-27-30(32)28(33-23-12-16-25(17-13-23)35(9-2)21(4)5)20-29(31(27)37)34-24-14-18-26(19-15-24)36(10-3)22(6)7/h12-22,34H,8-11,32H2,1-7H3/b33-28-. The minimum atomic E-state index is -0.0642. The number of ketones is 1. The molecule has 0 saturated heterocycles. The van der Waals surface area contributed by atoms with Gasteiger partial charge in [-0.15, -0.1) is 0 Å². The van der Waals surface area contributed by atoms with Gasteiger partial charge in [-0.1, -0.05) is 13.3 Å². The zero-order valence-corrected chi connectivity index (χ0v) is 23.5. The van der Waals surface area contributed by atoms with Gasteiger partial charge in [-0.3, -0.25) is 4.79 Å². The Morgan fingerprint density at radius 3 is 1.81 bits per heavy atom. The third-order valence-electron chi connectivity index (χ3n) is 6.74. The number of carbonyl (C=O) groups excluding carboxylic acids is 1. The fourth-order valence-corrected chi connectivity index (χ4v) is 4.84. The molecule has 0 fully saturated rings. The van der Waals surface area contributed by atoms with Gasteiger partial charge in [0.15, 0.2) is 0 Å². The second-order valence-electron chi connectivity index (χ2n) is 9.97. The number of nitrogens with one attached hydrogen (secondary N) is 1. The second kappa shape index (κ2) is 12.6. The Bertz CT molecular complexity index is 1160. The van der Waals surface area contributed by atoms with Crippen LogP contribution in [-0.4, -0.2) is 36.7 Å². The average molecular weight is 502 g/mol. The van der Waals surface area contributed by atoms with E-state index in [1.54, 1.807) is 6.08 Å². The summed E-state index contributed by atoms with van der Waals surface area (Å²) in [6.45, 7) is 17.0. The maximum Gasteiger partial charge on any atom is 0.207 e. The van der Waals surface area contributed by atoms with E-state index in [2.05, 4.69) is 87.8 Å². The predicted molar refractivity (Wildman–Crippen MR) is 159 cm³/mol. The number of aliphatic imine (C=N–C) groups is 1. The number of hydrogen-bond donors (Lipinski definition) is 2. The normalized spacial score (nSPS) is 15.0. The minimum absolute atomic E-state index is 0.0642. The lowest BCUT2D eigenvalue weighted by Gasteiger charge is -2.27. The van der Waals surface area contributed by atoms with Crippen LogP contribution >= 0.6 is 0 Å². The monoisotopic (exact) mass is 501 g/mol. The van der Waals surface area contributed by atoms with Crippen molar-refractivity contribution in [2.45, 2.75) is 73.4 Å². The molecule has 0 radical (unpaired) electrons. The van der Waals surface area contributed by atoms with Crippen molar-refractivity contribution >= 4 is 34.2 Å². The van der Waals surface area contributed by atoms with Crippen LogP contribution in [0.15, 0.2) is 76.6 Å². The van der Waals surface area contributed by atoms with E-state index in [1.807, 2.05) is 24.3 Å². The summed E-state index contributed by atoms with van der Waals surface area (Å²) in [5.41, 5.74) is 12.7. The van der Waals surface area contributed by atoms with Gasteiger partial charge in [-0.05, 0) is 103 Å². The molecule has 2 aromatic rings. The van der Waals surface area contributed by atoms with Crippen LogP contribution in [0.2, 0.25) is 0 Å². The van der Waals surface area contributed by atoms with Crippen LogP contribution in [0.25, 0.3) is 0 Å². The van der Waals surface area contributed by atoms with E-state index in [0.29, 0.717) is 41.2 Å². The maximum absolute atomic E-state index is 13.3. The van der Waals surface area contributed by atoms with Crippen LogP contribution in [0.4, 0.5) is 22.7 Å². The molecule has 6 nitrogen and oxygen atoms in total. The third-order valence-corrected chi connectivity index (χ3v) is 6.74. The Kier molecular flexibility index (Phi) is 9.56. The van der Waals surface area contributed by atoms with Crippen LogP contribution < -0.4 is 20.9 Å². The first-order valence-electron chi connectivity index (χ1n) is 13.5. The predicted octanol–water partition coefficient (Wildman–Crippen LogP) is 6.82. The molecule has 1 aliphatic carbocycles. The van der Waals surface area contributed by atoms with Gasteiger partial charge in [0.25, 0.3) is 0 Å². The Hall–Kier alpha value is -3.54. The summed E-state index contributed by atoms with van der Waals surface area (Å²) in [6.07, 6.45) is 3.22. The van der Waals surface area contributed by atoms with Crippen molar-refractivity contribution in [3.63, 3.8) is 0 Å². The molecule has 37 heavy (non-hydrogen) atoms. The lowest BCUT2D eigenvalue weighted by Crippen LogP contribution is -2.30. The van der Waals surface area contributed by atoms with Gasteiger partial charge in [0.05, 0.1) is 22.8 Å². The highest BCUT2D eigenvalue weighted by Crippen LogP contribution is 2.27. The topological polar surface area (TPSA) is 74.0 Å². The van der Waals surface area contributed by atoms with Crippen molar-refractivity contribution in [2.75, 3.05) is 28.2 Å². The van der Waals surface area contributed by atoms with Gasteiger partial charge < -0.3 is 20.9 Å². The molecule has 0 spiro atoms. The number of nitrogens with zero attached hydrogens (tertiary/aromatic N) is 3. The highest BCUT2D eigenvalue weighted by molar-refractivity contribution is 6.25. The molecule has 0 heterocycles. The van der Waals surface area contributed by atoms with E-state index in [1.165, 1.54) is 0 Å². The van der Waals surface area contributed by atoms with E-state index in [4.69, 9.17) is 10.7 Å². The van der Waals surface area contributed by atoms with Crippen molar-refractivity contribution in [3.8, 4) is 0 Å². The van der Waals surface area contributed by atoms with Crippen LogP contribution in [0.5, 0.6) is 0 Å². The van der Waals surface area contributed by atoms with Crippen molar-refractivity contribution in [1.82, 2.24) is 0 Å². The number of hydrogen-bond acceptors (Lipinski definition) is 6. The number of allylic oxidation sites excluding steroid dienone is 2. The molecule has 2 aromatic carbocycles. The molecule has 0 bridgehead atoms. The van der Waals surface area contributed by atoms with Gasteiger partial charge in [-0.25, -0.2) is 4.99 Å². The summed E-state index contributed by atoms with van der Waals surface area (Å²) >= 11 is 0. The van der Waals surface area contributed by atoms with Crippen LogP contribution in [0, 0.1) is 0 Å². The van der Waals surface area contributed by atoms with Crippen molar-refractivity contribution in [2.24, 2.45) is 10.7 Å². The van der Waals surface area contributed by atoms with Crippen LogP contribution in [-0.2, 0) is 4.79 Å². The van der Waals surface area contributed by atoms with E-state index >= 15 is 0 Å². The molecule has 0 unspecified atom stereocenters. The van der Waals surface area contributed by atoms with E-state index in [-0.39, 0.29) is 5.78 Å². The Morgan fingerprint density at radius 2 is 1.35 bits per heavy atom. The fraction of sp³-hybridized carbons (Fsp3) is 0.419. The van der Waals surface area contributed by atoms with E-state index in [9.17, 15) is 4.79 Å². The molecule has 0 aliphatic heterocycles. The first-order chi connectivity index (χ1) is 17.7. The van der Waals surface area contributed by atoms with Gasteiger partial charge in [-0.2, -0.15) is 0 Å². The summed E-state index contributed by atoms with van der Waals surface area (Å²) < 4.78 is 0. The zero-order chi connectivity index (χ0) is 27.1. The van der Waals surface area contributed by atoms with Crippen molar-refractivity contribution < 1.29 is 4.79 Å². The summed E-state index contributed by atoms with van der Waals surface area (Å²) in [6, 6.07) is 17.2. The van der Waals surface area contributed by atoms with Crippen LogP contribution in [0.1, 0.15) is 61.3 Å². The number of rotatable bonds is 11.